The molecule has 2 aromatic rings. The summed E-state index contributed by atoms with van der Waals surface area (Å²) in [5.41, 5.74) is 1.59. The number of ether oxygens (including phenoxy) is 2. The van der Waals surface area contributed by atoms with Crippen molar-refractivity contribution in [2.24, 2.45) is 0 Å². The monoisotopic (exact) mass is 320 g/mol. The molecule has 0 aliphatic heterocycles. The van der Waals surface area contributed by atoms with Gasteiger partial charge in [-0.3, -0.25) is 0 Å². The second kappa shape index (κ2) is 7.61. The Kier molecular flexibility index (Phi) is 5.55. The highest BCUT2D eigenvalue weighted by Crippen LogP contribution is 2.27. The van der Waals surface area contributed by atoms with E-state index >= 15 is 0 Å². The van der Waals surface area contributed by atoms with Gasteiger partial charge in [-0.2, -0.15) is 0 Å². The number of methoxy groups -OCH3 is 2. The lowest BCUT2D eigenvalue weighted by molar-refractivity contribution is 0.354. The molecule has 0 aliphatic carbocycles. The third-order valence-electron chi connectivity index (χ3n) is 2.98. The average Bonchev–Trinajstić information content (AvgIpc) is 2.52. The van der Waals surface area contributed by atoms with E-state index in [0.29, 0.717) is 28.8 Å². The summed E-state index contributed by atoms with van der Waals surface area (Å²) in [5, 5.41) is 6.40. The van der Waals surface area contributed by atoms with Crippen molar-refractivity contribution < 1.29 is 13.9 Å². The summed E-state index contributed by atoms with van der Waals surface area (Å²) < 4.78 is 23.5. The quantitative estimate of drug-likeness (QED) is 0.827. The SMILES string of the molecule is COc1ccc(CNC(=S)Nc2cccc(F)c2)cc1OC. The predicted molar refractivity (Wildman–Crippen MR) is 89.0 cm³/mol. The van der Waals surface area contributed by atoms with Gasteiger partial charge in [0.25, 0.3) is 0 Å². The van der Waals surface area contributed by atoms with Crippen LogP contribution in [-0.4, -0.2) is 19.3 Å². The molecular weight excluding hydrogens is 303 g/mol. The first-order valence-electron chi connectivity index (χ1n) is 6.63. The number of hydrogen-bond donors (Lipinski definition) is 2. The van der Waals surface area contributed by atoms with Gasteiger partial charge in [-0.1, -0.05) is 12.1 Å². The minimum atomic E-state index is -0.312. The molecule has 4 nitrogen and oxygen atoms in total. The van der Waals surface area contributed by atoms with Gasteiger partial charge in [0.15, 0.2) is 16.6 Å². The van der Waals surface area contributed by atoms with E-state index in [2.05, 4.69) is 10.6 Å². The van der Waals surface area contributed by atoms with Crippen LogP contribution in [-0.2, 0) is 6.54 Å². The van der Waals surface area contributed by atoms with E-state index in [0.717, 1.165) is 5.56 Å². The Bertz CT molecular complexity index is 664. The van der Waals surface area contributed by atoms with Crippen LogP contribution in [0.5, 0.6) is 11.5 Å². The molecule has 0 bridgehead atoms. The van der Waals surface area contributed by atoms with Crippen LogP contribution < -0.4 is 20.1 Å². The van der Waals surface area contributed by atoms with Crippen molar-refractivity contribution in [1.29, 1.82) is 0 Å². The van der Waals surface area contributed by atoms with Crippen LogP contribution in [0.1, 0.15) is 5.56 Å². The zero-order valence-corrected chi connectivity index (χ0v) is 13.2. The number of rotatable bonds is 5. The van der Waals surface area contributed by atoms with Gasteiger partial charge in [0, 0.05) is 12.2 Å². The van der Waals surface area contributed by atoms with Crippen molar-refractivity contribution in [1.82, 2.24) is 5.32 Å². The van der Waals surface area contributed by atoms with E-state index in [9.17, 15) is 4.39 Å². The van der Waals surface area contributed by atoms with Crippen LogP contribution in [0.25, 0.3) is 0 Å². The van der Waals surface area contributed by atoms with Crippen molar-refractivity contribution in [2.75, 3.05) is 19.5 Å². The zero-order chi connectivity index (χ0) is 15.9. The van der Waals surface area contributed by atoms with Crippen LogP contribution in [0.3, 0.4) is 0 Å². The molecule has 2 aromatic carbocycles. The third-order valence-corrected chi connectivity index (χ3v) is 3.23. The first kappa shape index (κ1) is 16.0. The summed E-state index contributed by atoms with van der Waals surface area (Å²) in [6.07, 6.45) is 0. The molecule has 0 heterocycles. The fraction of sp³-hybridized carbons (Fsp3) is 0.188. The molecule has 0 aromatic heterocycles. The van der Waals surface area contributed by atoms with E-state index < -0.39 is 0 Å². The van der Waals surface area contributed by atoms with Gasteiger partial charge >= 0.3 is 0 Å². The summed E-state index contributed by atoms with van der Waals surface area (Å²) in [6, 6.07) is 11.7. The summed E-state index contributed by atoms with van der Waals surface area (Å²) >= 11 is 5.19. The molecule has 0 radical (unpaired) electrons. The van der Waals surface area contributed by atoms with Gasteiger partial charge in [0.05, 0.1) is 14.2 Å². The van der Waals surface area contributed by atoms with E-state index in [1.165, 1.54) is 12.1 Å². The molecule has 0 unspecified atom stereocenters. The molecule has 2 N–H and O–H groups in total. The maximum atomic E-state index is 13.1. The lowest BCUT2D eigenvalue weighted by Crippen LogP contribution is -2.27. The number of benzene rings is 2. The van der Waals surface area contributed by atoms with E-state index in [1.54, 1.807) is 26.4 Å². The molecule has 2 rings (SSSR count). The Hall–Kier alpha value is -2.34. The molecule has 0 saturated carbocycles. The molecule has 0 amide bonds. The minimum absolute atomic E-state index is 0.312. The Labute approximate surface area is 134 Å². The van der Waals surface area contributed by atoms with Gasteiger partial charge in [0.1, 0.15) is 5.82 Å². The fourth-order valence-corrected chi connectivity index (χ4v) is 2.10. The van der Waals surface area contributed by atoms with Gasteiger partial charge in [-0.25, -0.2) is 4.39 Å². The van der Waals surface area contributed by atoms with Crippen molar-refractivity contribution >= 4 is 23.0 Å². The van der Waals surface area contributed by atoms with E-state index in [-0.39, 0.29) is 5.82 Å². The van der Waals surface area contributed by atoms with Crippen LogP contribution >= 0.6 is 12.2 Å². The Morgan fingerprint density at radius 2 is 1.86 bits per heavy atom. The summed E-state index contributed by atoms with van der Waals surface area (Å²) in [7, 11) is 3.18. The van der Waals surface area contributed by atoms with Gasteiger partial charge in [0.2, 0.25) is 0 Å². The van der Waals surface area contributed by atoms with Crippen molar-refractivity contribution in [2.45, 2.75) is 6.54 Å². The number of nitrogens with one attached hydrogen (secondary N) is 2. The highest BCUT2D eigenvalue weighted by atomic mass is 32.1. The van der Waals surface area contributed by atoms with Crippen molar-refractivity contribution in [3.05, 3.63) is 53.8 Å². The topological polar surface area (TPSA) is 42.5 Å². The van der Waals surface area contributed by atoms with Gasteiger partial charge < -0.3 is 20.1 Å². The molecule has 6 heteroatoms. The Morgan fingerprint density at radius 3 is 2.55 bits per heavy atom. The first-order valence-corrected chi connectivity index (χ1v) is 7.04. The standard InChI is InChI=1S/C16H17FN2O2S/c1-20-14-7-6-11(8-15(14)21-2)10-18-16(22)19-13-5-3-4-12(17)9-13/h3-9H,10H2,1-2H3,(H2,18,19,22). The minimum Gasteiger partial charge on any atom is -0.493 e. The molecule has 0 fully saturated rings. The molecule has 116 valence electrons. The number of anilines is 1. The molecule has 0 saturated heterocycles. The van der Waals surface area contributed by atoms with Crippen LogP contribution in [0.2, 0.25) is 0 Å². The first-order chi connectivity index (χ1) is 10.6. The van der Waals surface area contributed by atoms with Crippen molar-refractivity contribution in [3.63, 3.8) is 0 Å². The Morgan fingerprint density at radius 1 is 1.09 bits per heavy atom. The fourth-order valence-electron chi connectivity index (χ4n) is 1.91. The van der Waals surface area contributed by atoms with Crippen LogP contribution in [0, 0.1) is 5.82 Å². The van der Waals surface area contributed by atoms with Gasteiger partial charge in [-0.05, 0) is 48.1 Å². The largest absolute Gasteiger partial charge is 0.493 e. The second-order valence-electron chi connectivity index (χ2n) is 4.51. The van der Waals surface area contributed by atoms with Crippen molar-refractivity contribution in [3.8, 4) is 11.5 Å². The lowest BCUT2D eigenvalue weighted by Gasteiger charge is -2.12. The average molecular weight is 320 g/mol. The van der Waals surface area contributed by atoms with Gasteiger partial charge in [-0.15, -0.1) is 0 Å². The van der Waals surface area contributed by atoms with E-state index in [1.807, 2.05) is 18.2 Å². The highest BCUT2D eigenvalue weighted by molar-refractivity contribution is 7.80. The molecule has 0 atom stereocenters. The maximum absolute atomic E-state index is 13.1. The summed E-state index contributed by atoms with van der Waals surface area (Å²) in [6.45, 7) is 0.515. The molecule has 0 spiro atoms. The second-order valence-corrected chi connectivity index (χ2v) is 4.92. The van der Waals surface area contributed by atoms with Crippen LogP contribution in [0.15, 0.2) is 42.5 Å². The Balaban J connectivity index is 1.93. The highest BCUT2D eigenvalue weighted by Gasteiger charge is 2.05. The number of halogens is 1. The molecular formula is C16H17FN2O2S. The molecule has 0 aliphatic rings. The number of hydrogen-bond acceptors (Lipinski definition) is 3. The molecule has 22 heavy (non-hydrogen) atoms. The van der Waals surface area contributed by atoms with Crippen LogP contribution in [0.4, 0.5) is 10.1 Å². The normalized spacial score (nSPS) is 9.95. The lowest BCUT2D eigenvalue weighted by atomic mass is 10.2. The predicted octanol–water partition coefficient (Wildman–Crippen LogP) is 3.33. The summed E-state index contributed by atoms with van der Waals surface area (Å²) in [5.74, 6) is 1.02. The smallest absolute Gasteiger partial charge is 0.171 e. The van der Waals surface area contributed by atoms with E-state index in [4.69, 9.17) is 21.7 Å². The summed E-state index contributed by atoms with van der Waals surface area (Å²) in [4.78, 5) is 0. The number of thiocarbonyl (C=S) groups is 1. The third kappa shape index (κ3) is 4.33. The maximum Gasteiger partial charge on any atom is 0.171 e. The zero-order valence-electron chi connectivity index (χ0n) is 12.4.